The smallest absolute Gasteiger partial charge is 0.267 e. The second-order valence-electron chi connectivity index (χ2n) is 4.24. The highest BCUT2D eigenvalue weighted by Crippen LogP contribution is 2.06. The minimum Gasteiger partial charge on any atom is -0.345 e. The van der Waals surface area contributed by atoms with Gasteiger partial charge in [-0.05, 0) is 18.1 Å². The molecule has 0 fully saturated rings. The standard InChI is InChI=1S/C13H16N4O2/c1-2-9-4-3-7-14-11(9)8-15-13(19)10-5-6-12(18)17-16-10/h3-4,7H,2,5-6,8H2,1H3,(H,15,19)(H,17,18). The van der Waals surface area contributed by atoms with E-state index < -0.39 is 0 Å². The molecule has 2 rings (SSSR count). The predicted octanol–water partition coefficient (Wildman–Crippen LogP) is 0.526. The predicted molar refractivity (Wildman–Crippen MR) is 70.3 cm³/mol. The van der Waals surface area contributed by atoms with Crippen molar-refractivity contribution in [1.82, 2.24) is 15.7 Å². The van der Waals surface area contributed by atoms with Gasteiger partial charge in [0.05, 0.1) is 12.2 Å². The van der Waals surface area contributed by atoms with Crippen molar-refractivity contribution in [2.75, 3.05) is 0 Å². The molecule has 0 atom stereocenters. The molecule has 0 bridgehead atoms. The minimum atomic E-state index is -0.257. The Labute approximate surface area is 111 Å². The summed E-state index contributed by atoms with van der Waals surface area (Å²) < 4.78 is 0. The molecule has 0 unspecified atom stereocenters. The molecule has 0 saturated carbocycles. The third-order valence-corrected chi connectivity index (χ3v) is 2.95. The molecule has 0 spiro atoms. The molecule has 19 heavy (non-hydrogen) atoms. The van der Waals surface area contributed by atoms with E-state index >= 15 is 0 Å². The van der Waals surface area contributed by atoms with Gasteiger partial charge in [-0.1, -0.05) is 13.0 Å². The Morgan fingerprint density at radius 1 is 1.47 bits per heavy atom. The molecule has 6 nitrogen and oxygen atoms in total. The van der Waals surface area contributed by atoms with Gasteiger partial charge < -0.3 is 5.32 Å². The first-order valence-electron chi connectivity index (χ1n) is 6.27. The fourth-order valence-electron chi connectivity index (χ4n) is 1.86. The maximum atomic E-state index is 11.9. The molecule has 0 aromatic carbocycles. The number of nitrogens with zero attached hydrogens (tertiary/aromatic N) is 2. The lowest BCUT2D eigenvalue weighted by atomic mass is 10.1. The van der Waals surface area contributed by atoms with E-state index in [2.05, 4.69) is 20.8 Å². The number of hydrazone groups is 1. The first-order chi connectivity index (χ1) is 9.20. The number of hydrogen-bond donors (Lipinski definition) is 2. The van der Waals surface area contributed by atoms with Crippen molar-refractivity contribution in [3.05, 3.63) is 29.6 Å². The van der Waals surface area contributed by atoms with Crippen LogP contribution in [-0.4, -0.2) is 22.5 Å². The number of amides is 2. The highest BCUT2D eigenvalue weighted by atomic mass is 16.2. The second kappa shape index (κ2) is 6.08. The summed E-state index contributed by atoms with van der Waals surface area (Å²) in [4.78, 5) is 27.0. The van der Waals surface area contributed by atoms with Crippen LogP contribution < -0.4 is 10.7 Å². The first-order valence-corrected chi connectivity index (χ1v) is 6.27. The normalized spacial score (nSPS) is 14.6. The van der Waals surface area contributed by atoms with Gasteiger partial charge in [-0.2, -0.15) is 5.10 Å². The molecule has 6 heteroatoms. The molecular weight excluding hydrogens is 244 g/mol. The largest absolute Gasteiger partial charge is 0.345 e. The zero-order valence-electron chi connectivity index (χ0n) is 10.8. The Kier molecular flexibility index (Phi) is 4.22. The maximum absolute atomic E-state index is 11.9. The number of rotatable bonds is 4. The Balaban J connectivity index is 1.95. The van der Waals surface area contributed by atoms with Crippen molar-refractivity contribution >= 4 is 17.5 Å². The fraction of sp³-hybridized carbons (Fsp3) is 0.385. The van der Waals surface area contributed by atoms with Crippen LogP contribution >= 0.6 is 0 Å². The number of nitrogens with one attached hydrogen (secondary N) is 2. The number of hydrogen-bond acceptors (Lipinski definition) is 4. The van der Waals surface area contributed by atoms with Gasteiger partial charge in [0.2, 0.25) is 5.91 Å². The van der Waals surface area contributed by atoms with Crippen LogP contribution in [0.25, 0.3) is 0 Å². The van der Waals surface area contributed by atoms with E-state index in [1.165, 1.54) is 0 Å². The van der Waals surface area contributed by atoms with Gasteiger partial charge in [-0.3, -0.25) is 14.6 Å². The van der Waals surface area contributed by atoms with Crippen molar-refractivity contribution in [3.8, 4) is 0 Å². The molecule has 0 aliphatic carbocycles. The fourth-order valence-corrected chi connectivity index (χ4v) is 1.86. The summed E-state index contributed by atoms with van der Waals surface area (Å²) in [6.45, 7) is 2.42. The van der Waals surface area contributed by atoms with Gasteiger partial charge in [-0.15, -0.1) is 0 Å². The van der Waals surface area contributed by atoms with Crippen molar-refractivity contribution in [2.24, 2.45) is 5.10 Å². The molecular formula is C13H16N4O2. The van der Waals surface area contributed by atoms with Crippen LogP contribution in [0.2, 0.25) is 0 Å². The Morgan fingerprint density at radius 3 is 3.00 bits per heavy atom. The average molecular weight is 260 g/mol. The van der Waals surface area contributed by atoms with E-state index in [4.69, 9.17) is 0 Å². The Bertz CT molecular complexity index is 525. The van der Waals surface area contributed by atoms with E-state index in [1.807, 2.05) is 19.1 Å². The number of carbonyl (C=O) groups is 2. The summed E-state index contributed by atoms with van der Waals surface area (Å²) in [5.41, 5.74) is 4.63. The van der Waals surface area contributed by atoms with E-state index in [1.54, 1.807) is 6.20 Å². The third-order valence-electron chi connectivity index (χ3n) is 2.95. The Morgan fingerprint density at radius 2 is 2.32 bits per heavy atom. The number of aromatic nitrogens is 1. The molecule has 100 valence electrons. The van der Waals surface area contributed by atoms with Crippen LogP contribution in [0, 0.1) is 0 Å². The van der Waals surface area contributed by atoms with Gasteiger partial charge in [0, 0.05) is 19.0 Å². The monoisotopic (exact) mass is 260 g/mol. The van der Waals surface area contributed by atoms with E-state index in [9.17, 15) is 9.59 Å². The number of aryl methyl sites for hydroxylation is 1. The molecule has 0 radical (unpaired) electrons. The number of pyridine rings is 1. The summed E-state index contributed by atoms with van der Waals surface area (Å²) in [5.74, 6) is -0.415. The molecule has 2 N–H and O–H groups in total. The van der Waals surface area contributed by atoms with Crippen LogP contribution in [-0.2, 0) is 22.6 Å². The summed E-state index contributed by atoms with van der Waals surface area (Å²) in [6, 6.07) is 3.87. The average Bonchev–Trinajstić information content (AvgIpc) is 2.45. The summed E-state index contributed by atoms with van der Waals surface area (Å²) in [5, 5.41) is 6.52. The van der Waals surface area contributed by atoms with Gasteiger partial charge in [0.15, 0.2) is 0 Å². The molecule has 0 saturated heterocycles. The van der Waals surface area contributed by atoms with Gasteiger partial charge in [0.25, 0.3) is 5.91 Å². The van der Waals surface area contributed by atoms with E-state index in [0.717, 1.165) is 17.7 Å². The quantitative estimate of drug-likeness (QED) is 0.828. The second-order valence-corrected chi connectivity index (χ2v) is 4.24. The van der Waals surface area contributed by atoms with E-state index in [-0.39, 0.29) is 11.8 Å². The minimum absolute atomic E-state index is 0.158. The van der Waals surface area contributed by atoms with Crippen LogP contribution in [0.1, 0.15) is 31.0 Å². The topological polar surface area (TPSA) is 83.4 Å². The highest BCUT2D eigenvalue weighted by Gasteiger charge is 2.18. The molecule has 1 aliphatic rings. The van der Waals surface area contributed by atoms with Crippen LogP contribution in [0.5, 0.6) is 0 Å². The van der Waals surface area contributed by atoms with Crippen molar-refractivity contribution in [1.29, 1.82) is 0 Å². The van der Waals surface area contributed by atoms with Gasteiger partial charge in [0.1, 0.15) is 5.71 Å². The molecule has 1 aromatic rings. The third kappa shape index (κ3) is 3.37. The zero-order chi connectivity index (χ0) is 13.7. The lowest BCUT2D eigenvalue weighted by Crippen LogP contribution is -2.36. The van der Waals surface area contributed by atoms with Gasteiger partial charge in [-0.25, -0.2) is 5.43 Å². The molecule has 1 aliphatic heterocycles. The number of carbonyl (C=O) groups excluding carboxylic acids is 2. The Hall–Kier alpha value is -2.24. The van der Waals surface area contributed by atoms with Crippen LogP contribution in [0.15, 0.2) is 23.4 Å². The van der Waals surface area contributed by atoms with Crippen molar-refractivity contribution in [3.63, 3.8) is 0 Å². The maximum Gasteiger partial charge on any atom is 0.267 e. The van der Waals surface area contributed by atoms with Crippen molar-refractivity contribution < 1.29 is 9.59 Å². The molecule has 2 amide bonds. The molecule has 1 aromatic heterocycles. The zero-order valence-corrected chi connectivity index (χ0v) is 10.8. The lowest BCUT2D eigenvalue weighted by Gasteiger charge is -2.12. The first kappa shape index (κ1) is 13.2. The SMILES string of the molecule is CCc1cccnc1CNC(=O)C1=NNC(=O)CC1. The summed E-state index contributed by atoms with van der Waals surface area (Å²) in [7, 11) is 0. The lowest BCUT2D eigenvalue weighted by molar-refractivity contribution is -0.121. The van der Waals surface area contributed by atoms with Crippen LogP contribution in [0.4, 0.5) is 0 Å². The molecule has 2 heterocycles. The van der Waals surface area contributed by atoms with E-state index in [0.29, 0.717) is 25.1 Å². The summed E-state index contributed by atoms with van der Waals surface area (Å²) >= 11 is 0. The summed E-state index contributed by atoms with van der Waals surface area (Å²) in [6.07, 6.45) is 3.26. The highest BCUT2D eigenvalue weighted by molar-refractivity contribution is 6.39. The van der Waals surface area contributed by atoms with Crippen molar-refractivity contribution in [2.45, 2.75) is 32.7 Å². The van der Waals surface area contributed by atoms with Crippen LogP contribution in [0.3, 0.4) is 0 Å². The van der Waals surface area contributed by atoms with Gasteiger partial charge >= 0.3 is 0 Å².